The van der Waals surface area contributed by atoms with Gasteiger partial charge in [0.2, 0.25) is 10.0 Å². The molecule has 0 radical (unpaired) electrons. The van der Waals surface area contributed by atoms with Gasteiger partial charge in [-0.15, -0.1) is 0 Å². The van der Waals surface area contributed by atoms with Crippen LogP contribution in [-0.2, 0) is 10.0 Å². The summed E-state index contributed by atoms with van der Waals surface area (Å²) >= 11 is 0. The summed E-state index contributed by atoms with van der Waals surface area (Å²) in [6.07, 6.45) is 1.37. The molecule has 2 N–H and O–H groups in total. The Kier molecular flexibility index (Phi) is 6.94. The fraction of sp³-hybridized carbons (Fsp3) is 0.381. The normalized spacial score (nSPS) is 15.1. The van der Waals surface area contributed by atoms with Crippen LogP contribution >= 0.6 is 0 Å². The van der Waals surface area contributed by atoms with Crippen molar-refractivity contribution in [3.05, 3.63) is 53.8 Å². The fourth-order valence-electron chi connectivity index (χ4n) is 3.38. The first-order valence-corrected chi connectivity index (χ1v) is 11.2. The van der Waals surface area contributed by atoms with Crippen LogP contribution in [0.2, 0.25) is 0 Å². The molecule has 9 heteroatoms. The molecule has 0 spiro atoms. The maximum absolute atomic E-state index is 13.0. The lowest BCUT2D eigenvalue weighted by molar-refractivity contribution is 0.183. The van der Waals surface area contributed by atoms with Crippen molar-refractivity contribution < 1.29 is 22.3 Å². The molecule has 1 aliphatic rings. The minimum Gasteiger partial charge on any atom is -0.495 e. The summed E-state index contributed by atoms with van der Waals surface area (Å²) in [5.74, 6) is 0.0744. The molecular weight excluding hydrogens is 409 g/mol. The van der Waals surface area contributed by atoms with Crippen molar-refractivity contribution in [3.8, 4) is 5.75 Å². The van der Waals surface area contributed by atoms with E-state index in [9.17, 15) is 17.6 Å². The number of sulfonamides is 1. The standard InChI is InChI=1S/C21H26FN3O4S/c1-15-3-8-19(29-2)20(13-15)30(27,28)23-14-16-9-11-25(12-10-16)21(26)24-18-6-4-17(22)5-7-18/h3-8,13,16,23H,9-12,14H2,1-2H3,(H,24,26). The van der Waals surface area contributed by atoms with Crippen LogP contribution in [-0.4, -0.2) is 46.1 Å². The number of aryl methyl sites for hydroxylation is 1. The molecular formula is C21H26FN3O4S. The van der Waals surface area contributed by atoms with Crippen molar-refractivity contribution in [2.75, 3.05) is 32.1 Å². The number of nitrogens with zero attached hydrogens (tertiary/aromatic N) is 1. The lowest BCUT2D eigenvalue weighted by atomic mass is 9.97. The van der Waals surface area contributed by atoms with E-state index in [1.807, 2.05) is 6.92 Å². The number of hydrogen-bond acceptors (Lipinski definition) is 4. The fourth-order valence-corrected chi connectivity index (χ4v) is 4.74. The lowest BCUT2D eigenvalue weighted by Crippen LogP contribution is -2.43. The summed E-state index contributed by atoms with van der Waals surface area (Å²) in [6, 6.07) is 10.4. The third-order valence-electron chi connectivity index (χ3n) is 5.17. The van der Waals surface area contributed by atoms with Gasteiger partial charge in [0.05, 0.1) is 7.11 Å². The molecule has 0 aliphatic carbocycles. The molecule has 3 rings (SSSR count). The number of rotatable bonds is 6. The van der Waals surface area contributed by atoms with E-state index >= 15 is 0 Å². The van der Waals surface area contributed by atoms with Gasteiger partial charge in [-0.3, -0.25) is 0 Å². The molecule has 1 heterocycles. The SMILES string of the molecule is COc1ccc(C)cc1S(=O)(=O)NCC1CCN(C(=O)Nc2ccc(F)cc2)CC1. The number of amides is 2. The molecule has 162 valence electrons. The van der Waals surface area contributed by atoms with Crippen LogP contribution in [0, 0.1) is 18.7 Å². The average Bonchev–Trinajstić information content (AvgIpc) is 2.74. The first kappa shape index (κ1) is 22.0. The van der Waals surface area contributed by atoms with Crippen LogP contribution in [0.15, 0.2) is 47.4 Å². The van der Waals surface area contributed by atoms with Crippen LogP contribution in [0.4, 0.5) is 14.9 Å². The van der Waals surface area contributed by atoms with Crippen LogP contribution in [0.3, 0.4) is 0 Å². The minimum absolute atomic E-state index is 0.126. The molecule has 0 aromatic heterocycles. The van der Waals surface area contributed by atoms with Crippen LogP contribution in [0.5, 0.6) is 5.75 Å². The van der Waals surface area contributed by atoms with Gasteiger partial charge in [-0.05, 0) is 67.6 Å². The zero-order valence-electron chi connectivity index (χ0n) is 17.0. The van der Waals surface area contributed by atoms with Gasteiger partial charge in [-0.2, -0.15) is 0 Å². The van der Waals surface area contributed by atoms with E-state index in [1.165, 1.54) is 31.4 Å². The maximum Gasteiger partial charge on any atom is 0.321 e. The predicted octanol–water partition coefficient (Wildman–Crippen LogP) is 3.37. The first-order chi connectivity index (χ1) is 14.3. The molecule has 7 nitrogen and oxygen atoms in total. The van der Waals surface area contributed by atoms with Gasteiger partial charge in [0.15, 0.2) is 0 Å². The van der Waals surface area contributed by atoms with Crippen molar-refractivity contribution in [3.63, 3.8) is 0 Å². The molecule has 0 saturated carbocycles. The highest BCUT2D eigenvalue weighted by atomic mass is 32.2. The molecule has 0 bridgehead atoms. The Labute approximate surface area is 176 Å². The Hall–Kier alpha value is -2.65. The highest BCUT2D eigenvalue weighted by molar-refractivity contribution is 7.89. The van der Waals surface area contributed by atoms with Crippen LogP contribution in [0.25, 0.3) is 0 Å². The number of anilines is 1. The Morgan fingerprint density at radius 3 is 2.47 bits per heavy atom. The minimum atomic E-state index is -3.70. The van der Waals surface area contributed by atoms with Crippen molar-refractivity contribution in [2.45, 2.75) is 24.7 Å². The van der Waals surface area contributed by atoms with E-state index in [1.54, 1.807) is 23.1 Å². The predicted molar refractivity (Wildman–Crippen MR) is 113 cm³/mol. The van der Waals surface area contributed by atoms with Crippen molar-refractivity contribution in [2.24, 2.45) is 5.92 Å². The van der Waals surface area contributed by atoms with Crippen molar-refractivity contribution in [1.82, 2.24) is 9.62 Å². The van der Waals surface area contributed by atoms with E-state index in [2.05, 4.69) is 10.0 Å². The summed E-state index contributed by atoms with van der Waals surface area (Å²) < 4.78 is 46.3. The summed E-state index contributed by atoms with van der Waals surface area (Å²) in [6.45, 7) is 3.17. The highest BCUT2D eigenvalue weighted by Gasteiger charge is 2.26. The first-order valence-electron chi connectivity index (χ1n) is 9.74. The molecule has 2 aromatic carbocycles. The second-order valence-corrected chi connectivity index (χ2v) is 9.11. The van der Waals surface area contributed by atoms with Gasteiger partial charge in [0.25, 0.3) is 0 Å². The third-order valence-corrected chi connectivity index (χ3v) is 6.61. The Morgan fingerprint density at radius 1 is 1.17 bits per heavy atom. The van der Waals surface area contributed by atoms with E-state index in [0.29, 0.717) is 43.9 Å². The quantitative estimate of drug-likeness (QED) is 0.728. The van der Waals surface area contributed by atoms with Gasteiger partial charge in [-0.25, -0.2) is 22.3 Å². The summed E-state index contributed by atoms with van der Waals surface area (Å²) in [7, 11) is -2.26. The second kappa shape index (κ2) is 9.44. The Morgan fingerprint density at radius 2 is 1.83 bits per heavy atom. The third kappa shape index (κ3) is 5.48. The Bertz CT molecular complexity index is 988. The maximum atomic E-state index is 13.0. The van der Waals surface area contributed by atoms with E-state index in [0.717, 1.165) is 5.56 Å². The smallest absolute Gasteiger partial charge is 0.321 e. The Balaban J connectivity index is 1.51. The number of hydrogen-bond donors (Lipinski definition) is 2. The van der Waals surface area contributed by atoms with Gasteiger partial charge >= 0.3 is 6.03 Å². The number of halogens is 1. The average molecular weight is 436 g/mol. The highest BCUT2D eigenvalue weighted by Crippen LogP contribution is 2.25. The number of nitrogens with one attached hydrogen (secondary N) is 2. The van der Waals surface area contributed by atoms with E-state index in [-0.39, 0.29) is 22.7 Å². The molecule has 0 atom stereocenters. The number of piperidine rings is 1. The second-order valence-electron chi connectivity index (χ2n) is 7.37. The number of carbonyl (C=O) groups is 1. The molecule has 2 aromatic rings. The monoisotopic (exact) mass is 435 g/mol. The van der Waals surface area contributed by atoms with Gasteiger partial charge in [0, 0.05) is 25.3 Å². The number of methoxy groups -OCH3 is 1. The summed E-state index contributed by atoms with van der Waals surface area (Å²) in [4.78, 5) is 14.2. The number of urea groups is 1. The zero-order valence-corrected chi connectivity index (χ0v) is 17.8. The van der Waals surface area contributed by atoms with Gasteiger partial charge in [0.1, 0.15) is 16.5 Å². The topological polar surface area (TPSA) is 87.7 Å². The molecule has 0 unspecified atom stereocenters. The number of carbonyl (C=O) groups excluding carboxylic acids is 1. The van der Waals surface area contributed by atoms with Crippen LogP contribution in [0.1, 0.15) is 18.4 Å². The summed E-state index contributed by atoms with van der Waals surface area (Å²) in [5.41, 5.74) is 1.36. The number of likely N-dealkylation sites (tertiary alicyclic amines) is 1. The molecule has 1 fully saturated rings. The van der Waals surface area contributed by atoms with Gasteiger partial charge in [-0.1, -0.05) is 6.07 Å². The number of ether oxygens (including phenoxy) is 1. The molecule has 1 saturated heterocycles. The lowest BCUT2D eigenvalue weighted by Gasteiger charge is -2.32. The zero-order chi connectivity index (χ0) is 21.7. The van der Waals surface area contributed by atoms with Gasteiger partial charge < -0.3 is 15.0 Å². The molecule has 30 heavy (non-hydrogen) atoms. The van der Waals surface area contributed by atoms with Crippen molar-refractivity contribution in [1.29, 1.82) is 0 Å². The van der Waals surface area contributed by atoms with Crippen molar-refractivity contribution >= 4 is 21.7 Å². The van der Waals surface area contributed by atoms with E-state index in [4.69, 9.17) is 4.74 Å². The molecule has 2 amide bonds. The summed E-state index contributed by atoms with van der Waals surface area (Å²) in [5, 5.41) is 2.74. The van der Waals surface area contributed by atoms with Crippen LogP contribution < -0.4 is 14.8 Å². The largest absolute Gasteiger partial charge is 0.495 e. The van der Waals surface area contributed by atoms with E-state index < -0.39 is 10.0 Å². The molecule has 1 aliphatic heterocycles. The number of benzene rings is 2.